The number of benzene rings is 1. The quantitative estimate of drug-likeness (QED) is 0.305. The molecule has 1 aliphatic carbocycles. The Morgan fingerprint density at radius 2 is 1.25 bits per heavy atom. The third kappa shape index (κ3) is 1.99. The average Bonchev–Trinajstić information content (AvgIpc) is 2.24. The molecule has 0 saturated heterocycles. The molecule has 1 aromatic carbocycles. The first-order chi connectivity index (χ1) is 7.41. The van der Waals surface area contributed by atoms with E-state index in [1.165, 1.54) is 0 Å². The highest BCUT2D eigenvalue weighted by Gasteiger charge is 2.27. The number of nitrogen functional groups attached to an aromatic ring is 1. The van der Waals surface area contributed by atoms with Gasteiger partial charge in [0.05, 0.1) is 5.54 Å². The summed E-state index contributed by atoms with van der Waals surface area (Å²) in [5.74, 6) is 0. The van der Waals surface area contributed by atoms with Gasteiger partial charge in [0.1, 0.15) is 5.66 Å². The SMILES string of the molecule is Nc1ccc(C2(N)C=CC(N)(N)C=C2)cc1. The lowest BCUT2D eigenvalue weighted by Crippen LogP contribution is -2.49. The third-order valence-electron chi connectivity index (χ3n) is 2.71. The summed E-state index contributed by atoms with van der Waals surface area (Å²) < 4.78 is 0. The lowest BCUT2D eigenvalue weighted by atomic mass is 9.85. The Labute approximate surface area is 94.6 Å². The Hall–Kier alpha value is -1.62. The molecule has 0 atom stereocenters. The largest absolute Gasteiger partial charge is 0.399 e. The van der Waals surface area contributed by atoms with E-state index in [4.69, 9.17) is 22.9 Å². The molecule has 0 spiro atoms. The molecule has 4 nitrogen and oxygen atoms in total. The molecule has 0 bridgehead atoms. The number of anilines is 1. The van der Waals surface area contributed by atoms with E-state index in [1.54, 1.807) is 24.3 Å². The van der Waals surface area contributed by atoms with Gasteiger partial charge in [-0.25, -0.2) is 0 Å². The highest BCUT2D eigenvalue weighted by molar-refractivity contribution is 5.46. The normalized spacial score (nSPS) is 20.9. The van der Waals surface area contributed by atoms with Crippen molar-refractivity contribution >= 4 is 5.69 Å². The third-order valence-corrected chi connectivity index (χ3v) is 2.71. The van der Waals surface area contributed by atoms with Crippen LogP contribution in [-0.2, 0) is 5.54 Å². The van der Waals surface area contributed by atoms with Crippen LogP contribution in [0.4, 0.5) is 5.69 Å². The van der Waals surface area contributed by atoms with Crippen molar-refractivity contribution in [2.45, 2.75) is 11.2 Å². The maximum Gasteiger partial charge on any atom is 0.102 e. The Morgan fingerprint density at radius 1 is 0.750 bits per heavy atom. The van der Waals surface area contributed by atoms with E-state index < -0.39 is 11.2 Å². The van der Waals surface area contributed by atoms with Gasteiger partial charge in [0.2, 0.25) is 0 Å². The molecule has 0 amide bonds. The fourth-order valence-electron chi connectivity index (χ4n) is 1.64. The van der Waals surface area contributed by atoms with Gasteiger partial charge in [-0.3, -0.25) is 0 Å². The van der Waals surface area contributed by atoms with Crippen molar-refractivity contribution in [3.63, 3.8) is 0 Å². The van der Waals surface area contributed by atoms with Crippen molar-refractivity contribution < 1.29 is 0 Å². The molecule has 2 rings (SSSR count). The second-order valence-electron chi connectivity index (χ2n) is 4.22. The molecule has 1 aliphatic rings. The standard InChI is InChI=1S/C12H16N4/c13-10-3-1-9(2-4-10)11(14)5-7-12(15,16)8-6-11/h1-8H,13-16H2. The van der Waals surface area contributed by atoms with E-state index >= 15 is 0 Å². The second-order valence-corrected chi connectivity index (χ2v) is 4.22. The number of nitrogens with two attached hydrogens (primary N) is 4. The average molecular weight is 216 g/mol. The van der Waals surface area contributed by atoms with Crippen molar-refractivity contribution in [1.29, 1.82) is 0 Å². The molecular formula is C12H16N4. The lowest BCUT2D eigenvalue weighted by Gasteiger charge is -2.30. The van der Waals surface area contributed by atoms with Crippen molar-refractivity contribution in [2.75, 3.05) is 5.73 Å². The molecule has 84 valence electrons. The Balaban J connectivity index is 2.35. The molecular weight excluding hydrogens is 200 g/mol. The van der Waals surface area contributed by atoms with Gasteiger partial charge in [0, 0.05) is 5.69 Å². The van der Waals surface area contributed by atoms with Crippen LogP contribution in [0.2, 0.25) is 0 Å². The molecule has 0 aromatic heterocycles. The summed E-state index contributed by atoms with van der Waals surface area (Å²) in [5.41, 5.74) is 23.4. The van der Waals surface area contributed by atoms with Gasteiger partial charge in [0.25, 0.3) is 0 Å². The van der Waals surface area contributed by atoms with Gasteiger partial charge in [-0.15, -0.1) is 0 Å². The number of hydrogen-bond acceptors (Lipinski definition) is 4. The summed E-state index contributed by atoms with van der Waals surface area (Å²) in [6.45, 7) is 0. The summed E-state index contributed by atoms with van der Waals surface area (Å²) in [4.78, 5) is 0. The Bertz CT molecular complexity index is 427. The monoisotopic (exact) mass is 216 g/mol. The van der Waals surface area contributed by atoms with Crippen LogP contribution in [0.25, 0.3) is 0 Å². The van der Waals surface area contributed by atoms with Crippen LogP contribution in [0.5, 0.6) is 0 Å². The zero-order valence-corrected chi connectivity index (χ0v) is 8.93. The van der Waals surface area contributed by atoms with Crippen LogP contribution in [-0.4, -0.2) is 5.66 Å². The fourth-order valence-corrected chi connectivity index (χ4v) is 1.64. The van der Waals surface area contributed by atoms with Crippen LogP contribution in [0.15, 0.2) is 48.6 Å². The van der Waals surface area contributed by atoms with Gasteiger partial charge in [-0.2, -0.15) is 0 Å². The van der Waals surface area contributed by atoms with E-state index in [0.717, 1.165) is 5.56 Å². The summed E-state index contributed by atoms with van der Waals surface area (Å²) in [7, 11) is 0. The molecule has 0 saturated carbocycles. The van der Waals surface area contributed by atoms with E-state index in [1.807, 2.05) is 24.3 Å². The van der Waals surface area contributed by atoms with Gasteiger partial charge in [0.15, 0.2) is 0 Å². The molecule has 0 aliphatic heterocycles. The Kier molecular flexibility index (Phi) is 2.35. The lowest BCUT2D eigenvalue weighted by molar-refractivity contribution is 0.617. The molecule has 0 heterocycles. The van der Waals surface area contributed by atoms with E-state index in [2.05, 4.69) is 0 Å². The first kappa shape index (κ1) is 10.9. The maximum absolute atomic E-state index is 6.23. The molecule has 0 unspecified atom stereocenters. The maximum atomic E-state index is 6.23. The van der Waals surface area contributed by atoms with Crippen LogP contribution in [0.3, 0.4) is 0 Å². The second kappa shape index (κ2) is 3.45. The summed E-state index contributed by atoms with van der Waals surface area (Å²) in [6.07, 6.45) is 7.00. The molecule has 1 aromatic rings. The predicted octanol–water partition coefficient (Wildman–Crippen LogP) is 0.163. The van der Waals surface area contributed by atoms with Gasteiger partial charge < -0.3 is 22.9 Å². The summed E-state index contributed by atoms with van der Waals surface area (Å²) in [6, 6.07) is 7.42. The topological polar surface area (TPSA) is 104 Å². The minimum atomic E-state index is -0.906. The predicted molar refractivity (Wildman–Crippen MR) is 66.1 cm³/mol. The number of hydrogen-bond donors (Lipinski definition) is 4. The van der Waals surface area contributed by atoms with E-state index in [-0.39, 0.29) is 0 Å². The molecule has 0 fully saturated rings. The van der Waals surface area contributed by atoms with Crippen LogP contribution in [0.1, 0.15) is 5.56 Å². The highest BCUT2D eigenvalue weighted by Crippen LogP contribution is 2.26. The smallest absolute Gasteiger partial charge is 0.102 e. The first-order valence-electron chi connectivity index (χ1n) is 5.05. The first-order valence-corrected chi connectivity index (χ1v) is 5.05. The molecule has 4 heteroatoms. The van der Waals surface area contributed by atoms with Crippen molar-refractivity contribution in [1.82, 2.24) is 0 Å². The molecule has 16 heavy (non-hydrogen) atoms. The minimum absolute atomic E-state index is 0.657. The van der Waals surface area contributed by atoms with Crippen molar-refractivity contribution in [2.24, 2.45) is 17.2 Å². The summed E-state index contributed by atoms with van der Waals surface area (Å²) in [5, 5.41) is 0. The van der Waals surface area contributed by atoms with Crippen molar-refractivity contribution in [3.05, 3.63) is 54.1 Å². The minimum Gasteiger partial charge on any atom is -0.399 e. The zero-order chi connectivity index (χ0) is 11.8. The van der Waals surface area contributed by atoms with Gasteiger partial charge >= 0.3 is 0 Å². The summed E-state index contributed by atoms with van der Waals surface area (Å²) >= 11 is 0. The van der Waals surface area contributed by atoms with Crippen LogP contribution >= 0.6 is 0 Å². The molecule has 8 N–H and O–H groups in total. The van der Waals surface area contributed by atoms with Crippen LogP contribution in [0, 0.1) is 0 Å². The van der Waals surface area contributed by atoms with E-state index in [0.29, 0.717) is 5.69 Å². The Morgan fingerprint density at radius 3 is 1.75 bits per heavy atom. The van der Waals surface area contributed by atoms with Crippen molar-refractivity contribution in [3.8, 4) is 0 Å². The van der Waals surface area contributed by atoms with Crippen LogP contribution < -0.4 is 22.9 Å². The fraction of sp³-hybridized carbons (Fsp3) is 0.167. The van der Waals surface area contributed by atoms with Gasteiger partial charge in [-0.1, -0.05) is 24.3 Å². The zero-order valence-electron chi connectivity index (χ0n) is 8.93. The molecule has 0 radical (unpaired) electrons. The van der Waals surface area contributed by atoms with E-state index in [9.17, 15) is 0 Å². The number of rotatable bonds is 1. The highest BCUT2D eigenvalue weighted by atomic mass is 14.9. The van der Waals surface area contributed by atoms with Gasteiger partial charge in [-0.05, 0) is 29.8 Å².